The highest BCUT2D eigenvalue weighted by molar-refractivity contribution is 5.81. The molecule has 2 aromatic carbocycles. The molecule has 0 atom stereocenters. The maximum absolute atomic E-state index is 12.3. The van der Waals surface area contributed by atoms with Crippen LogP contribution in [0, 0.1) is 6.92 Å². The van der Waals surface area contributed by atoms with Crippen molar-refractivity contribution in [3.8, 4) is 5.75 Å². The molecular weight excluding hydrogens is 338 g/mol. The fraction of sp³-hybridized carbons (Fsp3) is 0.364. The molecule has 5 heteroatoms. The Morgan fingerprint density at radius 2 is 1.89 bits per heavy atom. The topological polar surface area (TPSA) is 56.2 Å². The van der Waals surface area contributed by atoms with E-state index < -0.39 is 0 Å². The van der Waals surface area contributed by atoms with Gasteiger partial charge in [0.05, 0.1) is 17.6 Å². The van der Waals surface area contributed by atoms with Crippen LogP contribution in [0.1, 0.15) is 31.2 Å². The molecule has 0 saturated heterocycles. The van der Waals surface area contributed by atoms with E-state index >= 15 is 0 Å². The number of aryl methyl sites for hydroxylation is 2. The normalized spacial score (nSPS) is 10.9. The minimum absolute atomic E-state index is 0.0207. The Balaban J connectivity index is 1.40. The number of nitrogens with one attached hydrogen (secondary N) is 1. The van der Waals surface area contributed by atoms with Crippen LogP contribution in [-0.2, 0) is 17.8 Å². The van der Waals surface area contributed by atoms with Crippen molar-refractivity contribution in [3.63, 3.8) is 0 Å². The van der Waals surface area contributed by atoms with E-state index in [-0.39, 0.29) is 5.91 Å². The van der Waals surface area contributed by atoms with E-state index in [0.29, 0.717) is 19.7 Å². The van der Waals surface area contributed by atoms with Gasteiger partial charge >= 0.3 is 0 Å². The maximum atomic E-state index is 12.3. The van der Waals surface area contributed by atoms with Gasteiger partial charge in [-0.15, -0.1) is 0 Å². The summed E-state index contributed by atoms with van der Waals surface area (Å²) in [5.74, 6) is 1.86. The summed E-state index contributed by atoms with van der Waals surface area (Å²) in [5, 5.41) is 3.00. The maximum Gasteiger partial charge on any atom is 0.240 e. The number of para-hydroxylation sites is 2. The molecule has 0 saturated carbocycles. The van der Waals surface area contributed by atoms with E-state index in [0.717, 1.165) is 41.9 Å². The predicted molar refractivity (Wildman–Crippen MR) is 108 cm³/mol. The van der Waals surface area contributed by atoms with Crippen LogP contribution in [0.5, 0.6) is 5.75 Å². The van der Waals surface area contributed by atoms with Gasteiger partial charge in [-0.25, -0.2) is 4.98 Å². The lowest BCUT2D eigenvalue weighted by molar-refractivity contribution is -0.121. The molecule has 5 nitrogen and oxygen atoms in total. The van der Waals surface area contributed by atoms with Crippen LogP contribution in [0.15, 0.2) is 48.5 Å². The number of benzene rings is 2. The Morgan fingerprint density at radius 3 is 2.67 bits per heavy atom. The third-order valence-electron chi connectivity index (χ3n) is 4.53. The second kappa shape index (κ2) is 9.21. The monoisotopic (exact) mass is 365 g/mol. The molecule has 142 valence electrons. The summed E-state index contributed by atoms with van der Waals surface area (Å²) in [5.41, 5.74) is 3.17. The fourth-order valence-electron chi connectivity index (χ4n) is 3.05. The molecule has 3 aromatic rings. The number of nitrogens with zero attached hydrogens (tertiary/aromatic N) is 2. The molecule has 0 bridgehead atoms. The molecule has 1 amide bonds. The third-order valence-corrected chi connectivity index (χ3v) is 4.53. The smallest absolute Gasteiger partial charge is 0.240 e. The third kappa shape index (κ3) is 5.09. The fourth-order valence-corrected chi connectivity index (χ4v) is 3.05. The van der Waals surface area contributed by atoms with E-state index in [2.05, 4.69) is 24.1 Å². The van der Waals surface area contributed by atoms with Gasteiger partial charge in [-0.1, -0.05) is 36.8 Å². The number of rotatable bonds is 9. The zero-order valence-electron chi connectivity index (χ0n) is 16.1. The van der Waals surface area contributed by atoms with Gasteiger partial charge < -0.3 is 14.6 Å². The molecule has 0 radical (unpaired) electrons. The molecule has 0 fully saturated rings. The van der Waals surface area contributed by atoms with E-state index in [1.54, 1.807) is 0 Å². The van der Waals surface area contributed by atoms with Gasteiger partial charge in [0.25, 0.3) is 0 Å². The van der Waals surface area contributed by atoms with Crippen molar-refractivity contribution in [2.45, 2.75) is 39.7 Å². The van der Waals surface area contributed by atoms with Crippen molar-refractivity contribution in [3.05, 3.63) is 59.9 Å². The first-order chi connectivity index (χ1) is 13.2. The molecule has 3 rings (SSSR count). The molecule has 0 spiro atoms. The molecule has 0 aliphatic rings. The zero-order chi connectivity index (χ0) is 19.1. The SMILES string of the molecule is CCc1nc2ccccc2n1CC(=O)NCCCCOc1ccc(C)cc1. The second-order valence-electron chi connectivity index (χ2n) is 6.68. The number of ether oxygens (including phenoxy) is 1. The Morgan fingerprint density at radius 1 is 1.11 bits per heavy atom. The summed E-state index contributed by atoms with van der Waals surface area (Å²) in [6, 6.07) is 16.0. The molecule has 27 heavy (non-hydrogen) atoms. The predicted octanol–water partition coefficient (Wildman–Crippen LogP) is 3.88. The van der Waals surface area contributed by atoms with Crippen molar-refractivity contribution >= 4 is 16.9 Å². The largest absolute Gasteiger partial charge is 0.494 e. The minimum atomic E-state index is 0.0207. The number of carbonyl (C=O) groups excluding carboxylic acids is 1. The summed E-state index contributed by atoms with van der Waals surface area (Å²) in [7, 11) is 0. The number of carbonyl (C=O) groups is 1. The Hall–Kier alpha value is -2.82. The molecule has 1 heterocycles. The van der Waals surface area contributed by atoms with Crippen molar-refractivity contribution in [1.82, 2.24) is 14.9 Å². The van der Waals surface area contributed by atoms with Crippen LogP contribution in [-0.4, -0.2) is 28.6 Å². The molecule has 0 aliphatic carbocycles. The number of unbranched alkanes of at least 4 members (excludes halogenated alkanes) is 1. The highest BCUT2D eigenvalue weighted by Gasteiger charge is 2.11. The number of hydrogen-bond acceptors (Lipinski definition) is 3. The lowest BCUT2D eigenvalue weighted by Gasteiger charge is -2.10. The van der Waals surface area contributed by atoms with E-state index in [4.69, 9.17) is 4.74 Å². The average molecular weight is 365 g/mol. The molecule has 1 N–H and O–H groups in total. The minimum Gasteiger partial charge on any atom is -0.494 e. The van der Waals surface area contributed by atoms with Gasteiger partial charge in [0.15, 0.2) is 0 Å². The highest BCUT2D eigenvalue weighted by atomic mass is 16.5. The standard InChI is InChI=1S/C22H27N3O2/c1-3-21-24-19-8-4-5-9-20(19)25(21)16-22(26)23-14-6-7-15-27-18-12-10-17(2)11-13-18/h4-5,8-13H,3,6-7,14-16H2,1-2H3,(H,23,26). The first kappa shape index (κ1) is 19.0. The Labute approximate surface area is 160 Å². The second-order valence-corrected chi connectivity index (χ2v) is 6.68. The zero-order valence-corrected chi connectivity index (χ0v) is 16.1. The van der Waals surface area contributed by atoms with Crippen molar-refractivity contribution in [2.24, 2.45) is 0 Å². The summed E-state index contributed by atoms with van der Waals surface area (Å²) in [6.45, 7) is 5.74. The van der Waals surface area contributed by atoms with Gasteiger partial charge in [0.2, 0.25) is 5.91 Å². The number of fused-ring (bicyclic) bond motifs is 1. The van der Waals surface area contributed by atoms with Crippen LogP contribution in [0.3, 0.4) is 0 Å². The van der Waals surface area contributed by atoms with Gasteiger partial charge in [0, 0.05) is 13.0 Å². The highest BCUT2D eigenvalue weighted by Crippen LogP contribution is 2.16. The number of imidazole rings is 1. The Bertz CT molecular complexity index is 884. The molecule has 1 aromatic heterocycles. The van der Waals surface area contributed by atoms with Crippen molar-refractivity contribution in [1.29, 1.82) is 0 Å². The van der Waals surface area contributed by atoms with E-state index in [1.807, 2.05) is 53.1 Å². The van der Waals surface area contributed by atoms with Crippen LogP contribution in [0.4, 0.5) is 0 Å². The lowest BCUT2D eigenvalue weighted by atomic mass is 10.2. The summed E-state index contributed by atoms with van der Waals surface area (Å²) in [4.78, 5) is 16.9. The van der Waals surface area contributed by atoms with Gasteiger partial charge in [-0.3, -0.25) is 4.79 Å². The lowest BCUT2D eigenvalue weighted by Crippen LogP contribution is -2.29. The van der Waals surface area contributed by atoms with Gasteiger partial charge in [-0.05, 0) is 44.0 Å². The number of aromatic nitrogens is 2. The van der Waals surface area contributed by atoms with Crippen molar-refractivity contribution < 1.29 is 9.53 Å². The molecule has 0 aliphatic heterocycles. The van der Waals surface area contributed by atoms with Crippen molar-refractivity contribution in [2.75, 3.05) is 13.2 Å². The first-order valence-electron chi connectivity index (χ1n) is 9.57. The van der Waals surface area contributed by atoms with Gasteiger partial charge in [0.1, 0.15) is 18.1 Å². The molecular formula is C22H27N3O2. The first-order valence-corrected chi connectivity index (χ1v) is 9.57. The summed E-state index contributed by atoms with van der Waals surface area (Å²) < 4.78 is 7.71. The van der Waals surface area contributed by atoms with Crippen LogP contribution >= 0.6 is 0 Å². The Kier molecular flexibility index (Phi) is 6.47. The number of amides is 1. The summed E-state index contributed by atoms with van der Waals surface area (Å²) in [6.07, 6.45) is 2.60. The molecule has 0 unspecified atom stereocenters. The van der Waals surface area contributed by atoms with E-state index in [1.165, 1.54) is 5.56 Å². The number of hydrogen-bond donors (Lipinski definition) is 1. The quantitative estimate of drug-likeness (QED) is 0.586. The average Bonchev–Trinajstić information content (AvgIpc) is 3.03. The van der Waals surface area contributed by atoms with Crippen LogP contribution < -0.4 is 10.1 Å². The van der Waals surface area contributed by atoms with Gasteiger partial charge in [-0.2, -0.15) is 0 Å². The van der Waals surface area contributed by atoms with Crippen LogP contribution in [0.2, 0.25) is 0 Å². The van der Waals surface area contributed by atoms with E-state index in [9.17, 15) is 4.79 Å². The summed E-state index contributed by atoms with van der Waals surface area (Å²) >= 11 is 0. The van der Waals surface area contributed by atoms with Crippen LogP contribution in [0.25, 0.3) is 11.0 Å².